The van der Waals surface area contributed by atoms with E-state index < -0.39 is 0 Å². The van der Waals surface area contributed by atoms with Crippen LogP contribution in [-0.2, 0) is 17.9 Å². The van der Waals surface area contributed by atoms with Gasteiger partial charge in [-0.3, -0.25) is 9.69 Å². The molecule has 0 unspecified atom stereocenters. The average molecular weight is 390 g/mol. The maximum Gasteiger partial charge on any atom is 0.267 e. The van der Waals surface area contributed by atoms with Crippen molar-refractivity contribution in [1.29, 1.82) is 0 Å². The molecule has 0 atom stereocenters. The fourth-order valence-electron chi connectivity index (χ4n) is 2.77. The van der Waals surface area contributed by atoms with E-state index in [4.69, 9.17) is 4.42 Å². The van der Waals surface area contributed by atoms with Gasteiger partial charge in [0.25, 0.3) is 5.91 Å². The molecule has 1 fully saturated rings. The van der Waals surface area contributed by atoms with Gasteiger partial charge in [0.15, 0.2) is 5.17 Å². The van der Waals surface area contributed by atoms with Crippen molar-refractivity contribution in [3.8, 4) is 0 Å². The number of thioether (sulfide) groups is 1. The molecule has 2 heterocycles. The normalized spacial score (nSPS) is 17.0. The zero-order valence-corrected chi connectivity index (χ0v) is 15.8. The first-order chi connectivity index (χ1) is 13.7. The highest BCUT2D eigenvalue weighted by Gasteiger charge is 2.34. The monoisotopic (exact) mass is 390 g/mol. The second kappa shape index (κ2) is 8.29. The fraction of sp³-hybridized carbons (Fsp3) is 0.0909. The molecule has 28 heavy (non-hydrogen) atoms. The van der Waals surface area contributed by atoms with Crippen molar-refractivity contribution in [3.05, 3.63) is 94.8 Å². The molecule has 0 spiro atoms. The van der Waals surface area contributed by atoms with Crippen molar-refractivity contribution >= 4 is 34.6 Å². The molecule has 0 radical (unpaired) electrons. The van der Waals surface area contributed by atoms with E-state index in [-0.39, 0.29) is 12.5 Å². The zero-order valence-electron chi connectivity index (χ0n) is 15.0. The van der Waals surface area contributed by atoms with Gasteiger partial charge < -0.3 is 9.52 Å². The molecular formula is C22H18N2O3S. The average Bonchev–Trinajstić information content (AvgIpc) is 3.34. The highest BCUT2D eigenvalue weighted by atomic mass is 32.2. The van der Waals surface area contributed by atoms with Crippen LogP contribution in [0.25, 0.3) is 6.08 Å². The minimum atomic E-state index is -0.109. The molecule has 1 aliphatic heterocycles. The summed E-state index contributed by atoms with van der Waals surface area (Å²) >= 11 is 1.34. The molecule has 2 aromatic carbocycles. The Morgan fingerprint density at radius 1 is 1.04 bits per heavy atom. The molecular weight excluding hydrogens is 372 g/mol. The Bertz CT molecular complexity index is 1010. The lowest BCUT2D eigenvalue weighted by Crippen LogP contribution is -2.28. The molecule has 6 heteroatoms. The molecule has 1 aliphatic rings. The SMILES string of the molecule is O=C1/C(=C/c2ccc(CO)cc2)S/C(=N\c2ccccc2)N1Cc1ccco1. The quantitative estimate of drug-likeness (QED) is 0.648. The number of para-hydroxylation sites is 1. The Labute approximate surface area is 167 Å². The molecule has 5 nitrogen and oxygen atoms in total. The van der Waals surface area contributed by atoms with Crippen LogP contribution in [0.3, 0.4) is 0 Å². The van der Waals surface area contributed by atoms with E-state index in [0.29, 0.717) is 22.4 Å². The van der Waals surface area contributed by atoms with Gasteiger partial charge in [-0.25, -0.2) is 4.99 Å². The minimum Gasteiger partial charge on any atom is -0.467 e. The van der Waals surface area contributed by atoms with Crippen molar-refractivity contribution in [3.63, 3.8) is 0 Å². The summed E-state index contributed by atoms with van der Waals surface area (Å²) in [6.45, 7) is 0.320. The number of carbonyl (C=O) groups is 1. The number of amidine groups is 1. The van der Waals surface area contributed by atoms with Gasteiger partial charge in [-0.05, 0) is 53.2 Å². The Morgan fingerprint density at radius 2 is 1.82 bits per heavy atom. The minimum absolute atomic E-state index is 0.00462. The van der Waals surface area contributed by atoms with E-state index >= 15 is 0 Å². The maximum absolute atomic E-state index is 13.0. The van der Waals surface area contributed by atoms with Crippen molar-refractivity contribution in [1.82, 2.24) is 4.90 Å². The van der Waals surface area contributed by atoms with Crippen molar-refractivity contribution in [2.24, 2.45) is 4.99 Å². The Hall–Kier alpha value is -3.09. The van der Waals surface area contributed by atoms with Gasteiger partial charge in [-0.2, -0.15) is 0 Å². The van der Waals surface area contributed by atoms with Crippen LogP contribution in [0.15, 0.2) is 87.3 Å². The van der Waals surface area contributed by atoms with Gasteiger partial charge >= 0.3 is 0 Å². The topological polar surface area (TPSA) is 66.0 Å². The molecule has 0 aliphatic carbocycles. The van der Waals surface area contributed by atoms with Crippen LogP contribution in [0.1, 0.15) is 16.9 Å². The molecule has 1 saturated heterocycles. The Balaban J connectivity index is 1.66. The summed E-state index contributed by atoms with van der Waals surface area (Å²) in [6.07, 6.45) is 3.44. The van der Waals surface area contributed by atoms with E-state index in [2.05, 4.69) is 4.99 Å². The fourth-order valence-corrected chi connectivity index (χ4v) is 3.77. The van der Waals surface area contributed by atoms with Gasteiger partial charge in [0.1, 0.15) is 5.76 Å². The molecule has 140 valence electrons. The maximum atomic E-state index is 13.0. The summed E-state index contributed by atoms with van der Waals surface area (Å²) in [7, 11) is 0. The summed E-state index contributed by atoms with van der Waals surface area (Å²) < 4.78 is 5.42. The highest BCUT2D eigenvalue weighted by molar-refractivity contribution is 8.18. The molecule has 1 amide bonds. The van der Waals surface area contributed by atoms with Gasteiger partial charge in [-0.1, -0.05) is 42.5 Å². The summed E-state index contributed by atoms with van der Waals surface area (Å²) in [6, 6.07) is 20.7. The molecule has 0 saturated carbocycles. The third-order valence-electron chi connectivity index (χ3n) is 4.22. The molecule has 0 bridgehead atoms. The number of amides is 1. The Kier molecular flexibility index (Phi) is 5.41. The predicted molar refractivity (Wildman–Crippen MR) is 111 cm³/mol. The lowest BCUT2D eigenvalue weighted by molar-refractivity contribution is -0.122. The molecule has 4 rings (SSSR count). The van der Waals surface area contributed by atoms with Gasteiger partial charge in [0, 0.05) is 0 Å². The lowest BCUT2D eigenvalue weighted by atomic mass is 10.1. The predicted octanol–water partition coefficient (Wildman–Crippen LogP) is 4.58. The van der Waals surface area contributed by atoms with Crippen LogP contribution in [0, 0.1) is 0 Å². The smallest absolute Gasteiger partial charge is 0.267 e. The van der Waals surface area contributed by atoms with Crippen molar-refractivity contribution in [2.75, 3.05) is 0 Å². The number of furan rings is 1. The number of carbonyl (C=O) groups excluding carboxylic acids is 1. The third kappa shape index (κ3) is 4.08. The van der Waals surface area contributed by atoms with E-state index in [1.165, 1.54) is 11.8 Å². The van der Waals surface area contributed by atoms with E-state index in [1.807, 2.05) is 66.7 Å². The number of aliphatic hydroxyl groups excluding tert-OH is 1. The van der Waals surface area contributed by atoms with Crippen LogP contribution >= 0.6 is 11.8 Å². The summed E-state index contributed by atoms with van der Waals surface area (Å²) in [5.74, 6) is 0.588. The highest BCUT2D eigenvalue weighted by Crippen LogP contribution is 2.35. The number of benzene rings is 2. The van der Waals surface area contributed by atoms with Crippen LogP contribution in [-0.4, -0.2) is 21.1 Å². The number of hydrogen-bond acceptors (Lipinski definition) is 5. The first-order valence-corrected chi connectivity index (χ1v) is 9.62. The van der Waals surface area contributed by atoms with E-state index in [9.17, 15) is 9.90 Å². The van der Waals surface area contributed by atoms with Gasteiger partial charge in [-0.15, -0.1) is 0 Å². The number of aliphatic hydroxyl groups is 1. The third-order valence-corrected chi connectivity index (χ3v) is 5.23. The van der Waals surface area contributed by atoms with Crippen LogP contribution in [0.4, 0.5) is 5.69 Å². The largest absolute Gasteiger partial charge is 0.467 e. The number of nitrogens with zero attached hydrogens (tertiary/aromatic N) is 2. The second-order valence-electron chi connectivity index (χ2n) is 6.21. The number of hydrogen-bond donors (Lipinski definition) is 1. The van der Waals surface area contributed by atoms with Gasteiger partial charge in [0.2, 0.25) is 0 Å². The van der Waals surface area contributed by atoms with Gasteiger partial charge in [0.05, 0.1) is 30.0 Å². The summed E-state index contributed by atoms with van der Waals surface area (Å²) in [4.78, 5) is 19.9. The Morgan fingerprint density at radius 3 is 2.50 bits per heavy atom. The first-order valence-electron chi connectivity index (χ1n) is 8.80. The molecule has 3 aromatic rings. The second-order valence-corrected chi connectivity index (χ2v) is 7.22. The summed E-state index contributed by atoms with van der Waals surface area (Å²) in [5.41, 5.74) is 2.51. The lowest BCUT2D eigenvalue weighted by Gasteiger charge is -2.13. The van der Waals surface area contributed by atoms with E-state index in [1.54, 1.807) is 17.2 Å². The summed E-state index contributed by atoms with van der Waals surface area (Å²) in [5, 5.41) is 9.80. The molecule has 1 aromatic heterocycles. The standard InChI is InChI=1S/C22H18N2O3S/c25-15-17-10-8-16(9-11-17)13-20-21(26)24(14-19-7-4-12-27-19)22(28-20)23-18-5-2-1-3-6-18/h1-13,25H,14-15H2/b20-13-,23-22-. The zero-order chi connectivity index (χ0) is 19.3. The number of aliphatic imine (C=N–C) groups is 1. The molecule has 1 N–H and O–H groups in total. The first kappa shape index (κ1) is 18.3. The van der Waals surface area contributed by atoms with Crippen molar-refractivity contribution in [2.45, 2.75) is 13.2 Å². The van der Waals surface area contributed by atoms with Crippen LogP contribution < -0.4 is 0 Å². The number of rotatable bonds is 5. The van der Waals surface area contributed by atoms with E-state index in [0.717, 1.165) is 16.8 Å². The van der Waals surface area contributed by atoms with Crippen LogP contribution in [0.2, 0.25) is 0 Å². The van der Waals surface area contributed by atoms with Crippen molar-refractivity contribution < 1.29 is 14.3 Å². The van der Waals surface area contributed by atoms with Crippen LogP contribution in [0.5, 0.6) is 0 Å².